The smallest absolute Gasteiger partial charge is 0.323 e. The van der Waals surface area contributed by atoms with Crippen LogP contribution in [0.15, 0.2) is 0 Å². The number of rotatable bonds is 4. The van der Waals surface area contributed by atoms with E-state index in [1.165, 1.54) is 32.1 Å². The summed E-state index contributed by atoms with van der Waals surface area (Å²) >= 11 is 0. The number of ether oxygens (including phenoxy) is 2. The summed E-state index contributed by atoms with van der Waals surface area (Å²) in [5, 5.41) is 0. The summed E-state index contributed by atoms with van der Waals surface area (Å²) in [6.07, 6.45) is 7.84. The van der Waals surface area contributed by atoms with Crippen LogP contribution < -0.4 is 5.73 Å². The second-order valence-corrected chi connectivity index (χ2v) is 5.27. The van der Waals surface area contributed by atoms with Crippen LogP contribution in [0.4, 0.5) is 0 Å². The van der Waals surface area contributed by atoms with Crippen molar-refractivity contribution in [2.75, 3.05) is 13.2 Å². The molecule has 2 unspecified atom stereocenters. The molecule has 1 aliphatic carbocycles. The van der Waals surface area contributed by atoms with Gasteiger partial charge in [0.15, 0.2) is 0 Å². The van der Waals surface area contributed by atoms with Crippen LogP contribution in [-0.2, 0) is 14.3 Å². The highest BCUT2D eigenvalue weighted by Crippen LogP contribution is 2.27. The highest BCUT2D eigenvalue weighted by atomic mass is 16.6. The van der Waals surface area contributed by atoms with Crippen molar-refractivity contribution in [2.45, 2.75) is 57.1 Å². The van der Waals surface area contributed by atoms with Gasteiger partial charge in [-0.25, -0.2) is 0 Å². The Morgan fingerprint density at radius 1 is 1.29 bits per heavy atom. The standard InChI is InChI=1S/C13H23NO3/c14-12(8-10-4-2-1-3-5-10)13(15)17-11-6-7-16-9-11/h10-12H,1-9,14H2. The van der Waals surface area contributed by atoms with Gasteiger partial charge in [-0.3, -0.25) is 4.79 Å². The molecule has 2 N–H and O–H groups in total. The van der Waals surface area contributed by atoms with Crippen LogP contribution in [0.2, 0.25) is 0 Å². The van der Waals surface area contributed by atoms with Crippen molar-refractivity contribution in [2.24, 2.45) is 11.7 Å². The van der Waals surface area contributed by atoms with Crippen molar-refractivity contribution in [1.29, 1.82) is 0 Å². The van der Waals surface area contributed by atoms with Gasteiger partial charge in [-0.05, 0) is 12.3 Å². The van der Waals surface area contributed by atoms with Crippen molar-refractivity contribution >= 4 is 5.97 Å². The number of esters is 1. The predicted molar refractivity (Wildman–Crippen MR) is 64.5 cm³/mol. The summed E-state index contributed by atoms with van der Waals surface area (Å²) in [6, 6.07) is -0.446. The zero-order valence-corrected chi connectivity index (χ0v) is 10.4. The van der Waals surface area contributed by atoms with E-state index in [9.17, 15) is 4.79 Å². The average Bonchev–Trinajstić information content (AvgIpc) is 2.83. The fourth-order valence-electron chi connectivity index (χ4n) is 2.74. The summed E-state index contributed by atoms with van der Waals surface area (Å²) in [7, 11) is 0. The van der Waals surface area contributed by atoms with E-state index >= 15 is 0 Å². The minimum atomic E-state index is -0.446. The Bertz CT molecular complexity index is 245. The van der Waals surface area contributed by atoms with Crippen molar-refractivity contribution in [3.63, 3.8) is 0 Å². The molecule has 0 spiro atoms. The van der Waals surface area contributed by atoms with Crippen molar-refractivity contribution in [1.82, 2.24) is 0 Å². The van der Waals surface area contributed by atoms with Gasteiger partial charge in [-0.2, -0.15) is 0 Å². The molecule has 1 aliphatic heterocycles. The average molecular weight is 241 g/mol. The molecule has 1 saturated carbocycles. The molecule has 2 atom stereocenters. The quantitative estimate of drug-likeness (QED) is 0.760. The first-order chi connectivity index (χ1) is 8.25. The maximum atomic E-state index is 11.8. The van der Waals surface area contributed by atoms with Crippen LogP contribution in [-0.4, -0.2) is 31.3 Å². The van der Waals surface area contributed by atoms with Crippen LogP contribution >= 0.6 is 0 Å². The zero-order chi connectivity index (χ0) is 12.1. The summed E-state index contributed by atoms with van der Waals surface area (Å²) in [5.41, 5.74) is 5.91. The lowest BCUT2D eigenvalue weighted by atomic mass is 9.85. The lowest BCUT2D eigenvalue weighted by Crippen LogP contribution is -2.37. The van der Waals surface area contributed by atoms with Crippen molar-refractivity contribution in [3.8, 4) is 0 Å². The first-order valence-electron chi connectivity index (χ1n) is 6.79. The number of carbonyl (C=O) groups is 1. The third-order valence-corrected chi connectivity index (χ3v) is 3.79. The highest BCUT2D eigenvalue weighted by Gasteiger charge is 2.26. The summed E-state index contributed by atoms with van der Waals surface area (Å²) in [4.78, 5) is 11.8. The van der Waals surface area contributed by atoms with E-state index in [1.807, 2.05) is 0 Å². The molecule has 17 heavy (non-hydrogen) atoms. The third kappa shape index (κ3) is 3.96. The van der Waals surface area contributed by atoms with Gasteiger partial charge in [0.25, 0.3) is 0 Å². The normalized spacial score (nSPS) is 27.9. The largest absolute Gasteiger partial charge is 0.459 e. The predicted octanol–water partition coefficient (Wildman–Crippen LogP) is 1.62. The Labute approximate surface area is 103 Å². The summed E-state index contributed by atoms with van der Waals surface area (Å²) in [6.45, 7) is 1.22. The highest BCUT2D eigenvalue weighted by molar-refractivity contribution is 5.75. The van der Waals surface area contributed by atoms with Gasteiger partial charge < -0.3 is 15.2 Å². The van der Waals surface area contributed by atoms with Gasteiger partial charge >= 0.3 is 5.97 Å². The molecular weight excluding hydrogens is 218 g/mol. The molecule has 2 aliphatic rings. The maximum Gasteiger partial charge on any atom is 0.323 e. The minimum absolute atomic E-state index is 0.0695. The number of carbonyl (C=O) groups excluding carboxylic acids is 1. The molecule has 0 radical (unpaired) electrons. The fourth-order valence-corrected chi connectivity index (χ4v) is 2.74. The van der Waals surface area contributed by atoms with Gasteiger partial charge in [0.2, 0.25) is 0 Å². The van der Waals surface area contributed by atoms with E-state index < -0.39 is 6.04 Å². The minimum Gasteiger partial charge on any atom is -0.459 e. The fraction of sp³-hybridized carbons (Fsp3) is 0.923. The van der Waals surface area contributed by atoms with Gasteiger partial charge in [-0.15, -0.1) is 0 Å². The molecule has 2 fully saturated rings. The number of hydrogen-bond donors (Lipinski definition) is 1. The van der Waals surface area contributed by atoms with Crippen LogP contribution in [0, 0.1) is 5.92 Å². The molecular formula is C13H23NO3. The summed E-state index contributed by atoms with van der Waals surface area (Å²) in [5.74, 6) is 0.372. The van der Waals surface area contributed by atoms with Crippen molar-refractivity contribution in [3.05, 3.63) is 0 Å². The molecule has 4 nitrogen and oxygen atoms in total. The van der Waals surface area contributed by atoms with Crippen molar-refractivity contribution < 1.29 is 14.3 Å². The molecule has 0 bridgehead atoms. The maximum absolute atomic E-state index is 11.8. The molecule has 1 heterocycles. The molecule has 0 aromatic carbocycles. The second kappa shape index (κ2) is 6.36. The number of hydrogen-bond acceptors (Lipinski definition) is 4. The topological polar surface area (TPSA) is 61.6 Å². The van der Waals surface area contributed by atoms with Crippen LogP contribution in [0.25, 0.3) is 0 Å². The van der Waals surface area contributed by atoms with Crippen LogP contribution in [0.5, 0.6) is 0 Å². The Hall–Kier alpha value is -0.610. The SMILES string of the molecule is NC(CC1CCCCC1)C(=O)OC1CCOC1. The van der Waals surface area contributed by atoms with E-state index in [4.69, 9.17) is 15.2 Å². The zero-order valence-electron chi connectivity index (χ0n) is 10.4. The third-order valence-electron chi connectivity index (χ3n) is 3.79. The Morgan fingerprint density at radius 3 is 2.71 bits per heavy atom. The lowest BCUT2D eigenvalue weighted by Gasteiger charge is -2.24. The van der Waals surface area contributed by atoms with Gasteiger partial charge in [0.1, 0.15) is 12.1 Å². The van der Waals surface area contributed by atoms with Gasteiger partial charge in [0, 0.05) is 6.42 Å². The Balaban J connectivity index is 1.70. The molecule has 98 valence electrons. The number of nitrogens with two attached hydrogens (primary N) is 1. The molecule has 0 amide bonds. The van der Waals surface area contributed by atoms with E-state index in [-0.39, 0.29) is 12.1 Å². The van der Waals surface area contributed by atoms with E-state index in [0.29, 0.717) is 19.1 Å². The first-order valence-corrected chi connectivity index (χ1v) is 6.79. The molecule has 0 aromatic heterocycles. The molecule has 1 saturated heterocycles. The Kier molecular flexibility index (Phi) is 4.80. The molecule has 4 heteroatoms. The van der Waals surface area contributed by atoms with Gasteiger partial charge in [-0.1, -0.05) is 32.1 Å². The lowest BCUT2D eigenvalue weighted by molar-refractivity contribution is -0.151. The van der Waals surface area contributed by atoms with Crippen LogP contribution in [0.3, 0.4) is 0 Å². The van der Waals surface area contributed by atoms with E-state index in [2.05, 4.69) is 0 Å². The molecule has 0 aromatic rings. The second-order valence-electron chi connectivity index (χ2n) is 5.27. The van der Waals surface area contributed by atoms with E-state index in [0.717, 1.165) is 12.8 Å². The van der Waals surface area contributed by atoms with E-state index in [1.54, 1.807) is 0 Å². The Morgan fingerprint density at radius 2 is 2.06 bits per heavy atom. The molecule has 2 rings (SSSR count). The first kappa shape index (κ1) is 12.8. The monoisotopic (exact) mass is 241 g/mol. The van der Waals surface area contributed by atoms with Gasteiger partial charge in [0.05, 0.1) is 13.2 Å². The summed E-state index contributed by atoms with van der Waals surface area (Å²) < 4.78 is 10.5. The van der Waals surface area contributed by atoms with Crippen LogP contribution in [0.1, 0.15) is 44.9 Å².